The molecule has 8 nitrogen and oxygen atoms in total. The molecule has 0 radical (unpaired) electrons. The molecule has 4 aromatic rings. The van der Waals surface area contributed by atoms with Gasteiger partial charge in [-0.15, -0.1) is 0 Å². The van der Waals surface area contributed by atoms with Gasteiger partial charge in [-0.1, -0.05) is 42.5 Å². The Labute approximate surface area is 203 Å². The molecule has 3 heterocycles. The fourth-order valence-corrected chi connectivity index (χ4v) is 3.93. The van der Waals surface area contributed by atoms with Crippen LogP contribution in [0.3, 0.4) is 0 Å². The van der Waals surface area contributed by atoms with Gasteiger partial charge in [0, 0.05) is 37.9 Å². The van der Waals surface area contributed by atoms with Crippen molar-refractivity contribution in [1.29, 1.82) is 0 Å². The molecule has 0 atom stereocenters. The van der Waals surface area contributed by atoms with E-state index in [-0.39, 0.29) is 18.4 Å². The molecule has 2 aromatic heterocycles. The standard InChI is InChI=1S/C27H26N4O4/c32-27(29-13-11-22-8-4-5-12-28-22)23-18-33-26(30-23)17-31(15-20-6-2-1-3-7-20)16-21-9-10-24-25(14-21)35-19-34-24/h1-10,12,14,18H,11,13,15-17,19H2,(H,29,32). The molecule has 1 aliphatic rings. The average Bonchev–Trinajstić information content (AvgIpc) is 3.55. The van der Waals surface area contributed by atoms with Gasteiger partial charge in [-0.3, -0.25) is 14.7 Å². The molecule has 0 unspecified atom stereocenters. The van der Waals surface area contributed by atoms with Crippen molar-refractivity contribution in [3.63, 3.8) is 0 Å². The molecule has 0 spiro atoms. The zero-order valence-electron chi connectivity index (χ0n) is 19.2. The van der Waals surface area contributed by atoms with Crippen LogP contribution in [0.4, 0.5) is 0 Å². The van der Waals surface area contributed by atoms with Gasteiger partial charge in [0.15, 0.2) is 17.2 Å². The van der Waals surface area contributed by atoms with E-state index in [1.54, 1.807) is 6.20 Å². The third kappa shape index (κ3) is 6.04. The molecule has 2 aromatic carbocycles. The highest BCUT2D eigenvalue weighted by molar-refractivity contribution is 5.91. The van der Waals surface area contributed by atoms with E-state index in [9.17, 15) is 4.79 Å². The highest BCUT2D eigenvalue weighted by atomic mass is 16.7. The van der Waals surface area contributed by atoms with E-state index in [1.807, 2.05) is 54.6 Å². The van der Waals surface area contributed by atoms with Gasteiger partial charge in [-0.2, -0.15) is 0 Å². The van der Waals surface area contributed by atoms with Crippen molar-refractivity contribution < 1.29 is 18.7 Å². The summed E-state index contributed by atoms with van der Waals surface area (Å²) in [5, 5.41) is 2.88. The quantitative estimate of drug-likeness (QED) is 0.375. The molecular formula is C27H26N4O4. The first-order valence-corrected chi connectivity index (χ1v) is 11.5. The molecule has 0 saturated heterocycles. The van der Waals surface area contributed by atoms with Crippen molar-refractivity contribution in [2.24, 2.45) is 0 Å². The molecule has 35 heavy (non-hydrogen) atoms. The van der Waals surface area contributed by atoms with Crippen LogP contribution in [-0.2, 0) is 26.1 Å². The average molecular weight is 471 g/mol. The second kappa shape index (κ2) is 10.8. The zero-order valence-corrected chi connectivity index (χ0v) is 19.2. The number of benzene rings is 2. The van der Waals surface area contributed by atoms with Gasteiger partial charge < -0.3 is 19.2 Å². The normalized spacial score (nSPS) is 12.1. The lowest BCUT2D eigenvalue weighted by atomic mass is 10.1. The molecule has 1 amide bonds. The summed E-state index contributed by atoms with van der Waals surface area (Å²) < 4.78 is 16.6. The van der Waals surface area contributed by atoms with Crippen LogP contribution in [0.5, 0.6) is 11.5 Å². The lowest BCUT2D eigenvalue weighted by Crippen LogP contribution is -2.26. The van der Waals surface area contributed by atoms with Crippen molar-refractivity contribution in [3.05, 3.63) is 108 Å². The number of fused-ring (bicyclic) bond motifs is 1. The molecule has 0 saturated carbocycles. The van der Waals surface area contributed by atoms with Gasteiger partial charge in [-0.25, -0.2) is 4.98 Å². The molecule has 5 rings (SSSR count). The minimum absolute atomic E-state index is 0.246. The number of hydrogen-bond acceptors (Lipinski definition) is 7. The Morgan fingerprint density at radius 3 is 2.60 bits per heavy atom. The summed E-state index contributed by atoms with van der Waals surface area (Å²) in [6.45, 7) is 2.52. The number of carbonyl (C=O) groups is 1. The summed E-state index contributed by atoms with van der Waals surface area (Å²) >= 11 is 0. The van der Waals surface area contributed by atoms with E-state index in [2.05, 4.69) is 32.3 Å². The monoisotopic (exact) mass is 470 g/mol. The highest BCUT2D eigenvalue weighted by Gasteiger charge is 2.18. The number of nitrogens with one attached hydrogen (secondary N) is 1. The Balaban J connectivity index is 1.23. The Hall–Kier alpha value is -4.17. The molecule has 1 aliphatic heterocycles. The predicted molar refractivity (Wildman–Crippen MR) is 129 cm³/mol. The van der Waals surface area contributed by atoms with Crippen LogP contribution < -0.4 is 14.8 Å². The summed E-state index contributed by atoms with van der Waals surface area (Å²) in [7, 11) is 0. The summed E-state index contributed by atoms with van der Waals surface area (Å²) in [4.78, 5) is 23.4. The van der Waals surface area contributed by atoms with Crippen LogP contribution in [0.15, 0.2) is 83.6 Å². The van der Waals surface area contributed by atoms with E-state index < -0.39 is 0 Å². The minimum atomic E-state index is -0.263. The van der Waals surface area contributed by atoms with Crippen LogP contribution in [0.1, 0.15) is 33.2 Å². The second-order valence-electron chi connectivity index (χ2n) is 8.27. The summed E-state index contributed by atoms with van der Waals surface area (Å²) in [6.07, 6.45) is 3.80. The maximum absolute atomic E-state index is 12.5. The number of oxazole rings is 1. The van der Waals surface area contributed by atoms with Crippen molar-refractivity contribution in [2.45, 2.75) is 26.1 Å². The summed E-state index contributed by atoms with van der Waals surface area (Å²) in [5.74, 6) is 1.73. The summed E-state index contributed by atoms with van der Waals surface area (Å²) in [6, 6.07) is 21.9. The molecule has 0 bridgehead atoms. The van der Waals surface area contributed by atoms with E-state index in [0.29, 0.717) is 38.5 Å². The van der Waals surface area contributed by atoms with E-state index in [0.717, 1.165) is 22.8 Å². The largest absolute Gasteiger partial charge is 0.454 e. The van der Waals surface area contributed by atoms with Crippen molar-refractivity contribution >= 4 is 5.91 Å². The highest BCUT2D eigenvalue weighted by Crippen LogP contribution is 2.33. The van der Waals surface area contributed by atoms with Gasteiger partial charge >= 0.3 is 0 Å². The lowest BCUT2D eigenvalue weighted by Gasteiger charge is -2.21. The third-order valence-corrected chi connectivity index (χ3v) is 5.63. The zero-order chi connectivity index (χ0) is 23.9. The SMILES string of the molecule is O=C(NCCc1ccccn1)c1coc(CN(Cc2ccccc2)Cc2ccc3c(c2)OCO3)n1. The molecule has 0 aliphatic carbocycles. The van der Waals surface area contributed by atoms with Crippen LogP contribution in [0, 0.1) is 0 Å². The van der Waals surface area contributed by atoms with Crippen LogP contribution in [-0.4, -0.2) is 34.1 Å². The smallest absolute Gasteiger partial charge is 0.273 e. The number of nitrogens with zero attached hydrogens (tertiary/aromatic N) is 3. The van der Waals surface area contributed by atoms with E-state index in [1.165, 1.54) is 11.8 Å². The number of rotatable bonds is 10. The van der Waals surface area contributed by atoms with E-state index >= 15 is 0 Å². The topological polar surface area (TPSA) is 89.7 Å². The first-order valence-electron chi connectivity index (χ1n) is 11.5. The first-order chi connectivity index (χ1) is 17.2. The van der Waals surface area contributed by atoms with Gasteiger partial charge in [0.05, 0.1) is 6.54 Å². The van der Waals surface area contributed by atoms with Gasteiger partial charge in [0.25, 0.3) is 5.91 Å². The minimum Gasteiger partial charge on any atom is -0.454 e. The number of pyridine rings is 1. The van der Waals surface area contributed by atoms with Crippen molar-refractivity contribution in [1.82, 2.24) is 20.2 Å². The molecular weight excluding hydrogens is 444 g/mol. The number of carbonyl (C=O) groups excluding carboxylic acids is 1. The fourth-order valence-electron chi connectivity index (χ4n) is 3.93. The van der Waals surface area contributed by atoms with Crippen LogP contribution in [0.2, 0.25) is 0 Å². The molecule has 0 fully saturated rings. The number of amides is 1. The fraction of sp³-hybridized carbons (Fsp3) is 0.222. The number of ether oxygens (including phenoxy) is 2. The maximum Gasteiger partial charge on any atom is 0.273 e. The predicted octanol–water partition coefficient (Wildman–Crippen LogP) is 3.97. The maximum atomic E-state index is 12.5. The number of aromatic nitrogens is 2. The van der Waals surface area contributed by atoms with Crippen LogP contribution in [0.25, 0.3) is 0 Å². The Kier molecular flexibility index (Phi) is 7.00. The van der Waals surface area contributed by atoms with Crippen molar-refractivity contribution in [2.75, 3.05) is 13.3 Å². The Bertz CT molecular complexity index is 1260. The van der Waals surface area contributed by atoms with Crippen LogP contribution >= 0.6 is 0 Å². The van der Waals surface area contributed by atoms with Gasteiger partial charge in [0.2, 0.25) is 12.7 Å². The third-order valence-electron chi connectivity index (χ3n) is 5.63. The lowest BCUT2D eigenvalue weighted by molar-refractivity contribution is 0.0949. The van der Waals surface area contributed by atoms with E-state index in [4.69, 9.17) is 13.9 Å². The number of hydrogen-bond donors (Lipinski definition) is 1. The Morgan fingerprint density at radius 1 is 0.914 bits per heavy atom. The summed E-state index contributed by atoms with van der Waals surface area (Å²) in [5.41, 5.74) is 3.45. The van der Waals surface area contributed by atoms with Gasteiger partial charge in [0.1, 0.15) is 6.26 Å². The Morgan fingerprint density at radius 2 is 1.74 bits per heavy atom. The molecule has 1 N–H and O–H groups in total. The molecule has 8 heteroatoms. The second-order valence-corrected chi connectivity index (χ2v) is 8.27. The first kappa shape index (κ1) is 22.6. The molecule has 178 valence electrons. The van der Waals surface area contributed by atoms with Crippen molar-refractivity contribution in [3.8, 4) is 11.5 Å². The van der Waals surface area contributed by atoms with Gasteiger partial charge in [-0.05, 0) is 35.4 Å².